The second kappa shape index (κ2) is 17.6. The summed E-state index contributed by atoms with van der Waals surface area (Å²) in [5.74, 6) is 0.338. The largest absolute Gasteiger partial charge is 0.423 e. The van der Waals surface area contributed by atoms with E-state index in [2.05, 4.69) is 118 Å². The number of anilines is 3. The lowest BCUT2D eigenvalue weighted by Gasteiger charge is -2.26. The number of esters is 2. The minimum Gasteiger partial charge on any atom is -0.423 e. The maximum Gasteiger partial charge on any atom is 0.335 e. The van der Waals surface area contributed by atoms with Crippen molar-refractivity contribution in [2.45, 2.75) is 52.4 Å². The minimum absolute atomic E-state index is 0.425. The zero-order valence-corrected chi connectivity index (χ0v) is 29.7. The van der Waals surface area contributed by atoms with Crippen LogP contribution in [0.3, 0.4) is 0 Å². The minimum atomic E-state index is -0.518. The third-order valence-electron chi connectivity index (χ3n) is 8.82. The van der Waals surface area contributed by atoms with E-state index in [1.54, 1.807) is 24.3 Å². The molecule has 0 aliphatic heterocycles. The molecule has 0 heterocycles. The number of nitrogens with zero attached hydrogens (tertiary/aromatic N) is 1. The lowest BCUT2D eigenvalue weighted by atomic mass is 9.94. The molecular formula is C46H45NO4. The van der Waals surface area contributed by atoms with E-state index in [0.29, 0.717) is 17.4 Å². The van der Waals surface area contributed by atoms with Crippen LogP contribution in [-0.2, 0) is 9.59 Å². The highest BCUT2D eigenvalue weighted by Crippen LogP contribution is 2.37. The average Bonchev–Trinajstić information content (AvgIpc) is 3.16. The molecule has 1 unspecified atom stereocenters. The summed E-state index contributed by atoms with van der Waals surface area (Å²) < 4.78 is 10.6. The zero-order valence-electron chi connectivity index (χ0n) is 29.7. The van der Waals surface area contributed by atoms with Gasteiger partial charge in [-0.1, -0.05) is 112 Å². The molecule has 0 saturated heterocycles. The SMILES string of the molecule is C=CC(=O)Oc1ccc(C(=Cc2ccc(N(c3ccc(C)cc3)c3ccc(C(C)CCCCC)cc3)cc2)c2ccc(OC(=O)C=C)cc2)cc1. The van der Waals surface area contributed by atoms with Crippen molar-refractivity contribution in [2.75, 3.05) is 4.90 Å². The molecule has 5 aromatic carbocycles. The highest BCUT2D eigenvalue weighted by molar-refractivity contribution is 5.92. The number of ether oxygens (including phenoxy) is 2. The van der Waals surface area contributed by atoms with Crippen LogP contribution < -0.4 is 14.4 Å². The molecule has 0 bridgehead atoms. The molecule has 0 amide bonds. The Morgan fingerprint density at radius 1 is 0.647 bits per heavy atom. The van der Waals surface area contributed by atoms with Gasteiger partial charge in [-0.2, -0.15) is 0 Å². The molecule has 51 heavy (non-hydrogen) atoms. The van der Waals surface area contributed by atoms with E-state index in [9.17, 15) is 9.59 Å². The lowest BCUT2D eigenvalue weighted by molar-refractivity contribution is -0.129. The van der Waals surface area contributed by atoms with Crippen LogP contribution >= 0.6 is 0 Å². The van der Waals surface area contributed by atoms with Crippen LogP contribution in [0.5, 0.6) is 11.5 Å². The van der Waals surface area contributed by atoms with E-state index < -0.39 is 11.9 Å². The summed E-state index contributed by atoms with van der Waals surface area (Å²) in [4.78, 5) is 25.8. The van der Waals surface area contributed by atoms with Gasteiger partial charge in [-0.05, 0) is 114 Å². The first-order valence-corrected chi connectivity index (χ1v) is 17.5. The predicted molar refractivity (Wildman–Crippen MR) is 210 cm³/mol. The average molecular weight is 676 g/mol. The third-order valence-corrected chi connectivity index (χ3v) is 8.82. The quantitative estimate of drug-likeness (QED) is 0.0363. The summed E-state index contributed by atoms with van der Waals surface area (Å²) in [6.45, 7) is 13.6. The van der Waals surface area contributed by atoms with Crippen LogP contribution in [0.15, 0.2) is 147 Å². The summed E-state index contributed by atoms with van der Waals surface area (Å²) in [5, 5.41) is 0. The lowest BCUT2D eigenvalue weighted by Crippen LogP contribution is -2.10. The molecule has 5 nitrogen and oxygen atoms in total. The normalized spacial score (nSPS) is 11.2. The van der Waals surface area contributed by atoms with Gasteiger partial charge in [0.05, 0.1) is 0 Å². The number of benzene rings is 5. The fourth-order valence-corrected chi connectivity index (χ4v) is 5.90. The maximum atomic E-state index is 11.8. The number of carbonyl (C=O) groups is 2. The Labute approximate surface area is 302 Å². The van der Waals surface area contributed by atoms with Crippen LogP contribution in [0, 0.1) is 6.92 Å². The number of carbonyl (C=O) groups excluding carboxylic acids is 2. The van der Waals surface area contributed by atoms with Crippen LogP contribution in [0.1, 0.15) is 73.3 Å². The molecule has 1 atom stereocenters. The Bertz CT molecular complexity index is 1890. The first kappa shape index (κ1) is 36.3. The van der Waals surface area contributed by atoms with Crippen molar-refractivity contribution in [1.82, 2.24) is 0 Å². The van der Waals surface area contributed by atoms with Gasteiger partial charge in [0, 0.05) is 29.2 Å². The molecule has 0 N–H and O–H groups in total. The summed E-state index contributed by atoms with van der Waals surface area (Å²) in [6, 6.07) is 40.7. The van der Waals surface area contributed by atoms with Crippen molar-refractivity contribution in [3.05, 3.63) is 174 Å². The zero-order chi connectivity index (χ0) is 36.2. The van der Waals surface area contributed by atoms with Gasteiger partial charge in [0.1, 0.15) is 11.5 Å². The van der Waals surface area contributed by atoms with E-state index in [0.717, 1.165) is 51.5 Å². The highest BCUT2D eigenvalue weighted by atomic mass is 16.5. The van der Waals surface area contributed by atoms with Crippen molar-refractivity contribution in [1.29, 1.82) is 0 Å². The van der Waals surface area contributed by atoms with Crippen LogP contribution in [-0.4, -0.2) is 11.9 Å². The maximum absolute atomic E-state index is 11.8. The smallest absolute Gasteiger partial charge is 0.335 e. The van der Waals surface area contributed by atoms with E-state index in [1.165, 1.54) is 36.8 Å². The molecule has 5 aromatic rings. The summed E-state index contributed by atoms with van der Waals surface area (Å²) >= 11 is 0. The molecule has 0 saturated carbocycles. The third kappa shape index (κ3) is 9.83. The second-order valence-corrected chi connectivity index (χ2v) is 12.6. The monoisotopic (exact) mass is 675 g/mol. The first-order valence-electron chi connectivity index (χ1n) is 17.5. The standard InChI is InChI=1S/C46H45NO4/c1-6-9-10-11-34(5)36-16-26-41(27-17-36)47(39-22-12-33(4)13-23-39)40-24-14-35(15-25-40)32-44(37-18-28-42(29-19-37)50-45(48)7-2)38-20-30-43(31-21-38)51-46(49)8-3/h7-8,12-32,34H,2-3,6,9-11H2,1,4-5H3. The van der Waals surface area contributed by atoms with Gasteiger partial charge in [0.15, 0.2) is 0 Å². The molecule has 0 aliphatic rings. The van der Waals surface area contributed by atoms with E-state index >= 15 is 0 Å². The molecule has 0 fully saturated rings. The van der Waals surface area contributed by atoms with Crippen molar-refractivity contribution in [2.24, 2.45) is 0 Å². The van der Waals surface area contributed by atoms with E-state index in [4.69, 9.17) is 9.47 Å². The van der Waals surface area contributed by atoms with Gasteiger partial charge in [0.2, 0.25) is 0 Å². The van der Waals surface area contributed by atoms with Crippen molar-refractivity contribution in [3.63, 3.8) is 0 Å². The molecule has 0 aliphatic carbocycles. The van der Waals surface area contributed by atoms with Crippen molar-refractivity contribution >= 4 is 40.6 Å². The van der Waals surface area contributed by atoms with Gasteiger partial charge in [-0.3, -0.25) is 0 Å². The van der Waals surface area contributed by atoms with E-state index in [1.807, 2.05) is 24.3 Å². The van der Waals surface area contributed by atoms with Crippen molar-refractivity contribution < 1.29 is 19.1 Å². The summed E-state index contributed by atoms with van der Waals surface area (Å²) in [5.41, 5.74) is 9.57. The molecule has 0 radical (unpaired) electrons. The van der Waals surface area contributed by atoms with Crippen LogP contribution in [0.25, 0.3) is 11.6 Å². The molecule has 5 rings (SSSR count). The molecule has 5 heteroatoms. The predicted octanol–water partition coefficient (Wildman–Crippen LogP) is 11.9. The topological polar surface area (TPSA) is 55.8 Å². The molecule has 0 spiro atoms. The van der Waals surface area contributed by atoms with E-state index in [-0.39, 0.29) is 0 Å². The second-order valence-electron chi connectivity index (χ2n) is 12.6. The Balaban J connectivity index is 1.49. The first-order chi connectivity index (χ1) is 24.8. The van der Waals surface area contributed by atoms with Crippen LogP contribution in [0.2, 0.25) is 0 Å². The fraction of sp³-hybridized carbons (Fsp3) is 0.174. The van der Waals surface area contributed by atoms with Gasteiger partial charge >= 0.3 is 11.9 Å². The molecule has 0 aromatic heterocycles. The Morgan fingerprint density at radius 2 is 1.10 bits per heavy atom. The Kier molecular flexibility index (Phi) is 12.6. The van der Waals surface area contributed by atoms with Gasteiger partial charge in [-0.25, -0.2) is 9.59 Å². The van der Waals surface area contributed by atoms with Gasteiger partial charge in [0.25, 0.3) is 0 Å². The number of hydrogen-bond donors (Lipinski definition) is 0. The molecular weight excluding hydrogens is 631 g/mol. The van der Waals surface area contributed by atoms with Crippen LogP contribution in [0.4, 0.5) is 17.1 Å². The number of hydrogen-bond acceptors (Lipinski definition) is 5. The molecule has 258 valence electrons. The summed E-state index contributed by atoms with van der Waals surface area (Å²) in [6.07, 6.45) is 9.34. The van der Waals surface area contributed by atoms with Crippen molar-refractivity contribution in [3.8, 4) is 11.5 Å². The Morgan fingerprint density at radius 3 is 1.55 bits per heavy atom. The van der Waals surface area contributed by atoms with Gasteiger partial charge in [-0.15, -0.1) is 0 Å². The van der Waals surface area contributed by atoms with Gasteiger partial charge < -0.3 is 14.4 Å². The summed E-state index contributed by atoms with van der Waals surface area (Å²) in [7, 11) is 0. The number of aryl methyl sites for hydroxylation is 1. The fourth-order valence-electron chi connectivity index (χ4n) is 5.90. The Hall–Kier alpha value is -5.94. The number of rotatable bonds is 15. The highest BCUT2D eigenvalue weighted by Gasteiger charge is 2.15. The number of unbranched alkanes of at least 4 members (excludes halogenated alkanes) is 2.